The number of fused-ring (bicyclic) bond motifs is 1. The number of urea groups is 1. The van der Waals surface area contributed by atoms with Crippen molar-refractivity contribution in [3.8, 4) is 10.4 Å². The molecule has 5 rings (SSSR count). The van der Waals surface area contributed by atoms with Crippen molar-refractivity contribution in [1.29, 1.82) is 0 Å². The highest BCUT2D eigenvalue weighted by molar-refractivity contribution is 7.22. The Balaban J connectivity index is 1.35. The van der Waals surface area contributed by atoms with Crippen LogP contribution in [-0.2, 0) is 0 Å². The van der Waals surface area contributed by atoms with Crippen LogP contribution in [-0.4, -0.2) is 46.1 Å². The lowest BCUT2D eigenvalue weighted by Crippen LogP contribution is -2.63. The van der Waals surface area contributed by atoms with Crippen LogP contribution in [0.1, 0.15) is 38.8 Å². The Morgan fingerprint density at radius 2 is 1.86 bits per heavy atom. The number of rotatable bonds is 5. The van der Waals surface area contributed by atoms with Crippen LogP contribution in [0.3, 0.4) is 0 Å². The van der Waals surface area contributed by atoms with Crippen LogP contribution in [0.2, 0.25) is 0 Å². The lowest BCUT2D eigenvalue weighted by atomic mass is 9.98. The Kier molecular flexibility index (Phi) is 6.62. The van der Waals surface area contributed by atoms with Gasteiger partial charge in [0, 0.05) is 24.5 Å². The van der Waals surface area contributed by atoms with Crippen molar-refractivity contribution in [1.82, 2.24) is 20.2 Å². The third kappa shape index (κ3) is 4.78. The zero-order valence-electron chi connectivity index (χ0n) is 20.7. The van der Waals surface area contributed by atoms with Gasteiger partial charge in [-0.3, -0.25) is 0 Å². The van der Waals surface area contributed by atoms with Crippen LogP contribution in [0.15, 0.2) is 67.0 Å². The van der Waals surface area contributed by atoms with Crippen LogP contribution in [0.4, 0.5) is 15.0 Å². The van der Waals surface area contributed by atoms with Crippen LogP contribution in [0.5, 0.6) is 0 Å². The molecule has 186 valence electrons. The highest BCUT2D eigenvalue weighted by Crippen LogP contribution is 2.38. The van der Waals surface area contributed by atoms with E-state index in [-0.39, 0.29) is 17.9 Å². The molecule has 1 N–H and O–H groups in total. The fraction of sp³-hybridized carbons (Fsp3) is 0.321. The molecule has 0 saturated carbocycles. The first-order chi connectivity index (χ1) is 17.4. The van der Waals surface area contributed by atoms with Gasteiger partial charge in [0.25, 0.3) is 0 Å². The van der Waals surface area contributed by atoms with Gasteiger partial charge in [-0.05, 0) is 49.6 Å². The molecular weight excluding hydrogens is 473 g/mol. The van der Waals surface area contributed by atoms with E-state index in [4.69, 9.17) is 0 Å². The zero-order valence-corrected chi connectivity index (χ0v) is 21.6. The van der Waals surface area contributed by atoms with Gasteiger partial charge in [0.2, 0.25) is 0 Å². The second-order valence-electron chi connectivity index (χ2n) is 9.74. The Hall–Kier alpha value is -3.52. The predicted molar refractivity (Wildman–Crippen MR) is 144 cm³/mol. The quantitative estimate of drug-likeness (QED) is 0.349. The number of carbonyl (C=O) groups is 1. The summed E-state index contributed by atoms with van der Waals surface area (Å²) in [6.07, 6.45) is 2.42. The Labute approximate surface area is 214 Å². The lowest BCUT2D eigenvalue weighted by molar-refractivity contribution is 0.121. The van der Waals surface area contributed by atoms with Crippen LogP contribution < -0.4 is 10.2 Å². The molecule has 8 heteroatoms. The molecule has 36 heavy (non-hydrogen) atoms. The molecule has 0 aliphatic carbocycles. The molecule has 1 atom stereocenters. The number of amides is 2. The van der Waals surface area contributed by atoms with E-state index in [0.717, 1.165) is 38.5 Å². The van der Waals surface area contributed by atoms with Crippen molar-refractivity contribution in [2.75, 3.05) is 24.5 Å². The third-order valence-corrected chi connectivity index (χ3v) is 7.95. The fourth-order valence-corrected chi connectivity index (χ4v) is 6.00. The van der Waals surface area contributed by atoms with Gasteiger partial charge in [0.15, 0.2) is 0 Å². The Morgan fingerprint density at radius 3 is 2.56 bits per heavy atom. The van der Waals surface area contributed by atoms with Crippen molar-refractivity contribution in [3.05, 3.63) is 78.4 Å². The maximum atomic E-state index is 13.4. The van der Waals surface area contributed by atoms with E-state index in [1.807, 2.05) is 29.2 Å². The summed E-state index contributed by atoms with van der Waals surface area (Å²) in [5, 5.41) is 3.24. The second kappa shape index (κ2) is 9.85. The minimum absolute atomic E-state index is 0.0231. The first kappa shape index (κ1) is 24.2. The summed E-state index contributed by atoms with van der Waals surface area (Å²) in [5.41, 5.74) is 2.54. The predicted octanol–water partition coefficient (Wildman–Crippen LogP) is 6.26. The number of hydrogen-bond acceptors (Lipinski definition) is 5. The number of benzene rings is 2. The van der Waals surface area contributed by atoms with E-state index in [1.165, 1.54) is 12.1 Å². The van der Waals surface area contributed by atoms with Crippen LogP contribution in [0, 0.1) is 5.82 Å². The van der Waals surface area contributed by atoms with Crippen molar-refractivity contribution in [3.63, 3.8) is 0 Å². The SMILES string of the molecule is CCC(NC(=O)N1CCN(c2ncnc3cc(-c4ccc(F)cc4)sc23)CC1(C)C)c1ccccc1. The average Bonchev–Trinajstić information content (AvgIpc) is 3.32. The molecule has 0 bridgehead atoms. The van der Waals surface area contributed by atoms with E-state index in [2.05, 4.69) is 53.1 Å². The summed E-state index contributed by atoms with van der Waals surface area (Å²) in [5.74, 6) is 0.626. The molecule has 2 aromatic carbocycles. The zero-order chi connectivity index (χ0) is 25.3. The van der Waals surface area contributed by atoms with Crippen molar-refractivity contribution < 1.29 is 9.18 Å². The smallest absolute Gasteiger partial charge is 0.318 e. The number of nitrogens with zero attached hydrogens (tertiary/aromatic N) is 4. The second-order valence-corrected chi connectivity index (χ2v) is 10.8. The van der Waals surface area contributed by atoms with E-state index < -0.39 is 5.54 Å². The monoisotopic (exact) mass is 503 g/mol. The molecular formula is C28H30FN5OS. The van der Waals surface area contributed by atoms with Gasteiger partial charge in [-0.15, -0.1) is 11.3 Å². The van der Waals surface area contributed by atoms with E-state index in [0.29, 0.717) is 19.6 Å². The first-order valence-electron chi connectivity index (χ1n) is 12.2. The number of nitrogens with one attached hydrogen (secondary N) is 1. The van der Waals surface area contributed by atoms with Crippen LogP contribution >= 0.6 is 11.3 Å². The van der Waals surface area contributed by atoms with Gasteiger partial charge >= 0.3 is 6.03 Å². The topological polar surface area (TPSA) is 61.4 Å². The van der Waals surface area contributed by atoms with E-state index in [1.54, 1.807) is 29.8 Å². The highest BCUT2D eigenvalue weighted by atomic mass is 32.1. The van der Waals surface area contributed by atoms with Crippen molar-refractivity contribution >= 4 is 33.4 Å². The average molecular weight is 504 g/mol. The maximum Gasteiger partial charge on any atom is 0.318 e. The summed E-state index contributed by atoms with van der Waals surface area (Å²) in [7, 11) is 0. The molecule has 1 saturated heterocycles. The van der Waals surface area contributed by atoms with Gasteiger partial charge in [0.05, 0.1) is 21.8 Å². The summed E-state index contributed by atoms with van der Waals surface area (Å²) >= 11 is 1.61. The number of anilines is 1. The number of carbonyl (C=O) groups excluding carboxylic acids is 1. The third-order valence-electron chi connectivity index (χ3n) is 6.78. The first-order valence-corrected chi connectivity index (χ1v) is 13.1. The number of piperazine rings is 1. The molecule has 3 heterocycles. The van der Waals surface area contributed by atoms with Crippen molar-refractivity contribution in [2.24, 2.45) is 0 Å². The van der Waals surface area contributed by atoms with Gasteiger partial charge < -0.3 is 15.1 Å². The normalized spacial score (nSPS) is 16.2. The molecule has 2 amide bonds. The molecule has 1 unspecified atom stereocenters. The van der Waals surface area contributed by atoms with Gasteiger partial charge in [-0.1, -0.05) is 49.4 Å². The molecule has 1 aliphatic rings. The van der Waals surface area contributed by atoms with Crippen LogP contribution in [0.25, 0.3) is 20.7 Å². The van der Waals surface area contributed by atoms with Crippen molar-refractivity contribution in [2.45, 2.75) is 38.8 Å². The number of halogens is 1. The summed E-state index contributed by atoms with van der Waals surface area (Å²) < 4.78 is 14.4. The molecule has 1 fully saturated rings. The minimum atomic E-state index is -0.397. The number of thiophene rings is 1. The Morgan fingerprint density at radius 1 is 1.11 bits per heavy atom. The number of aromatic nitrogens is 2. The molecule has 2 aromatic heterocycles. The van der Waals surface area contributed by atoms with E-state index in [9.17, 15) is 9.18 Å². The largest absolute Gasteiger partial charge is 0.351 e. The van der Waals surface area contributed by atoms with Gasteiger partial charge in [-0.25, -0.2) is 19.2 Å². The van der Waals surface area contributed by atoms with E-state index >= 15 is 0 Å². The lowest BCUT2D eigenvalue weighted by Gasteiger charge is -2.47. The summed E-state index contributed by atoms with van der Waals surface area (Å²) in [4.78, 5) is 27.7. The standard InChI is InChI=1S/C28H30FN5OS/c1-4-22(19-8-6-5-7-9-19)32-27(35)34-15-14-33(17-28(34,2)3)26-25-23(30-18-31-26)16-24(36-25)20-10-12-21(29)13-11-20/h5-13,16,18,22H,4,14-15,17H2,1-3H3,(H,32,35). The summed E-state index contributed by atoms with van der Waals surface area (Å²) in [6.45, 7) is 8.19. The molecule has 6 nitrogen and oxygen atoms in total. The molecule has 0 spiro atoms. The maximum absolute atomic E-state index is 13.4. The molecule has 1 aliphatic heterocycles. The minimum Gasteiger partial charge on any atom is -0.351 e. The molecule has 0 radical (unpaired) electrons. The van der Waals surface area contributed by atoms with Gasteiger partial charge in [-0.2, -0.15) is 0 Å². The molecule has 4 aromatic rings. The summed E-state index contributed by atoms with van der Waals surface area (Å²) in [6, 6.07) is 18.6. The van der Waals surface area contributed by atoms with Gasteiger partial charge in [0.1, 0.15) is 18.0 Å². The number of hydrogen-bond donors (Lipinski definition) is 1. The Bertz CT molecular complexity index is 1360. The fourth-order valence-electron chi connectivity index (χ4n) is 4.87. The highest BCUT2D eigenvalue weighted by Gasteiger charge is 2.38.